The molecule has 5 heteroatoms. The Morgan fingerprint density at radius 2 is 1.61 bits per heavy atom. The first-order valence-electron chi connectivity index (χ1n) is 9.09. The topological polar surface area (TPSA) is 51.0 Å². The van der Waals surface area contributed by atoms with Crippen LogP contribution in [0.3, 0.4) is 0 Å². The maximum absolute atomic E-state index is 13.5. The zero-order chi connectivity index (χ0) is 19.5. The van der Waals surface area contributed by atoms with Gasteiger partial charge in [0.15, 0.2) is 0 Å². The number of benzene rings is 3. The van der Waals surface area contributed by atoms with Crippen LogP contribution in [-0.2, 0) is 0 Å². The number of halogens is 1. The number of rotatable bonds is 5. The molecule has 0 radical (unpaired) electrons. The van der Waals surface area contributed by atoms with E-state index in [1.807, 2.05) is 42.5 Å². The van der Waals surface area contributed by atoms with Gasteiger partial charge in [0.25, 0.3) is 0 Å². The van der Waals surface area contributed by atoms with Crippen molar-refractivity contribution in [3.63, 3.8) is 0 Å². The van der Waals surface area contributed by atoms with Crippen molar-refractivity contribution in [1.82, 2.24) is 10.2 Å². The molecular weight excluding hydrogens is 353 g/mol. The average Bonchev–Trinajstić information content (AvgIpc) is 3.21. The zero-order valence-corrected chi connectivity index (χ0v) is 15.7. The quantitative estimate of drug-likeness (QED) is 0.488. The molecule has 0 spiro atoms. The summed E-state index contributed by atoms with van der Waals surface area (Å²) < 4.78 is 19.4. The van der Waals surface area contributed by atoms with Crippen LogP contribution in [0, 0.1) is 19.7 Å². The van der Waals surface area contributed by atoms with Crippen molar-refractivity contribution in [3.05, 3.63) is 101 Å². The minimum atomic E-state index is -0.397. The van der Waals surface area contributed by atoms with Crippen molar-refractivity contribution >= 4 is 5.69 Å². The van der Waals surface area contributed by atoms with E-state index in [1.54, 1.807) is 12.1 Å². The number of aromatic nitrogens is 2. The number of aryl methyl sites for hydroxylation is 1. The fourth-order valence-electron chi connectivity index (χ4n) is 3.05. The molecule has 0 fully saturated rings. The third-order valence-electron chi connectivity index (χ3n) is 4.82. The Morgan fingerprint density at radius 3 is 2.36 bits per heavy atom. The van der Waals surface area contributed by atoms with Gasteiger partial charge in [0.1, 0.15) is 11.9 Å². The first kappa shape index (κ1) is 17.9. The average molecular weight is 373 g/mol. The molecular formula is C23H20FN3O. The fourth-order valence-corrected chi connectivity index (χ4v) is 3.05. The summed E-state index contributed by atoms with van der Waals surface area (Å²) in [5.41, 5.74) is 4.97. The molecule has 4 nitrogen and oxygen atoms in total. The lowest BCUT2D eigenvalue weighted by Crippen LogP contribution is -2.14. The lowest BCUT2D eigenvalue weighted by atomic mass is 10.0. The van der Waals surface area contributed by atoms with Crippen LogP contribution in [-0.4, -0.2) is 10.2 Å². The molecule has 0 amide bonds. The van der Waals surface area contributed by atoms with E-state index in [9.17, 15) is 4.39 Å². The van der Waals surface area contributed by atoms with Gasteiger partial charge in [-0.25, -0.2) is 4.39 Å². The van der Waals surface area contributed by atoms with Gasteiger partial charge in [0.2, 0.25) is 11.8 Å². The SMILES string of the molecule is Cc1cccc(NC(c2ccc(F)cc2)c2nnc(-c3ccccc3)o2)c1C. The third-order valence-corrected chi connectivity index (χ3v) is 4.82. The Balaban J connectivity index is 1.74. The maximum Gasteiger partial charge on any atom is 0.247 e. The van der Waals surface area contributed by atoms with Gasteiger partial charge >= 0.3 is 0 Å². The minimum Gasteiger partial charge on any atom is -0.418 e. The van der Waals surface area contributed by atoms with Gasteiger partial charge < -0.3 is 9.73 Å². The minimum absolute atomic E-state index is 0.287. The number of nitrogens with zero attached hydrogens (tertiary/aromatic N) is 2. The molecule has 1 heterocycles. The van der Waals surface area contributed by atoms with E-state index in [4.69, 9.17) is 4.42 Å². The molecule has 0 aliphatic carbocycles. The number of nitrogens with one attached hydrogen (secondary N) is 1. The molecule has 1 aromatic heterocycles. The van der Waals surface area contributed by atoms with Crippen molar-refractivity contribution < 1.29 is 8.81 Å². The molecule has 0 aliphatic heterocycles. The highest BCUT2D eigenvalue weighted by Crippen LogP contribution is 2.30. The van der Waals surface area contributed by atoms with Crippen molar-refractivity contribution in [2.75, 3.05) is 5.32 Å². The normalized spacial score (nSPS) is 12.0. The molecule has 0 saturated carbocycles. The van der Waals surface area contributed by atoms with E-state index in [1.165, 1.54) is 17.7 Å². The summed E-state index contributed by atoms with van der Waals surface area (Å²) in [4.78, 5) is 0. The van der Waals surface area contributed by atoms with Crippen LogP contribution in [0.5, 0.6) is 0 Å². The Morgan fingerprint density at radius 1 is 0.857 bits per heavy atom. The molecule has 0 bridgehead atoms. The van der Waals surface area contributed by atoms with Crippen molar-refractivity contribution in [2.24, 2.45) is 0 Å². The van der Waals surface area contributed by atoms with Crippen LogP contribution in [0.25, 0.3) is 11.5 Å². The van der Waals surface area contributed by atoms with Crippen LogP contribution in [0.4, 0.5) is 10.1 Å². The zero-order valence-electron chi connectivity index (χ0n) is 15.7. The van der Waals surface area contributed by atoms with Crippen LogP contribution < -0.4 is 5.32 Å². The van der Waals surface area contributed by atoms with E-state index in [2.05, 4.69) is 35.4 Å². The summed E-state index contributed by atoms with van der Waals surface area (Å²) >= 11 is 0. The van der Waals surface area contributed by atoms with Gasteiger partial charge in [-0.2, -0.15) is 0 Å². The summed E-state index contributed by atoms with van der Waals surface area (Å²) in [6, 6.07) is 21.6. The van der Waals surface area contributed by atoms with Gasteiger partial charge in [-0.05, 0) is 60.9 Å². The number of anilines is 1. The van der Waals surface area contributed by atoms with Crippen LogP contribution >= 0.6 is 0 Å². The molecule has 1 atom stereocenters. The summed E-state index contributed by atoms with van der Waals surface area (Å²) in [6.45, 7) is 4.12. The molecule has 1 N–H and O–H groups in total. The van der Waals surface area contributed by atoms with Crippen LogP contribution in [0.1, 0.15) is 28.6 Å². The highest BCUT2D eigenvalue weighted by molar-refractivity contribution is 5.56. The highest BCUT2D eigenvalue weighted by atomic mass is 19.1. The molecule has 140 valence electrons. The van der Waals surface area contributed by atoms with Crippen LogP contribution in [0.15, 0.2) is 77.2 Å². The van der Waals surface area contributed by atoms with Gasteiger partial charge in [0, 0.05) is 11.3 Å². The highest BCUT2D eigenvalue weighted by Gasteiger charge is 2.22. The fraction of sp³-hybridized carbons (Fsp3) is 0.130. The Bertz CT molecular complexity index is 1070. The largest absolute Gasteiger partial charge is 0.418 e. The second-order valence-electron chi connectivity index (χ2n) is 6.69. The van der Waals surface area contributed by atoms with E-state index in [0.717, 1.165) is 22.4 Å². The molecule has 0 aliphatic rings. The Kier molecular flexibility index (Phi) is 4.89. The first-order chi connectivity index (χ1) is 13.6. The third kappa shape index (κ3) is 3.64. The lowest BCUT2D eigenvalue weighted by Gasteiger charge is -2.19. The van der Waals surface area contributed by atoms with Crippen molar-refractivity contribution in [3.8, 4) is 11.5 Å². The first-order valence-corrected chi connectivity index (χ1v) is 9.09. The summed E-state index contributed by atoms with van der Waals surface area (Å²) in [5, 5.41) is 12.0. The summed E-state index contributed by atoms with van der Waals surface area (Å²) in [7, 11) is 0. The van der Waals surface area contributed by atoms with Crippen molar-refractivity contribution in [1.29, 1.82) is 0 Å². The summed E-state index contributed by atoms with van der Waals surface area (Å²) in [5.74, 6) is 0.585. The van der Waals surface area contributed by atoms with Crippen molar-refractivity contribution in [2.45, 2.75) is 19.9 Å². The van der Waals surface area contributed by atoms with E-state index < -0.39 is 6.04 Å². The van der Waals surface area contributed by atoms with Gasteiger partial charge in [-0.3, -0.25) is 0 Å². The summed E-state index contributed by atoms with van der Waals surface area (Å²) in [6.07, 6.45) is 0. The van der Waals surface area contributed by atoms with Gasteiger partial charge in [0.05, 0.1) is 0 Å². The smallest absolute Gasteiger partial charge is 0.247 e. The number of hydrogen-bond donors (Lipinski definition) is 1. The van der Waals surface area contributed by atoms with E-state index in [-0.39, 0.29) is 5.82 Å². The monoisotopic (exact) mass is 373 g/mol. The maximum atomic E-state index is 13.5. The molecule has 28 heavy (non-hydrogen) atoms. The molecule has 1 unspecified atom stereocenters. The Labute approximate surface area is 163 Å². The second-order valence-corrected chi connectivity index (χ2v) is 6.69. The Hall–Kier alpha value is -3.47. The van der Waals surface area contributed by atoms with E-state index in [0.29, 0.717) is 11.8 Å². The molecule has 4 rings (SSSR count). The predicted octanol–water partition coefficient (Wildman–Crippen LogP) is 5.69. The van der Waals surface area contributed by atoms with Gasteiger partial charge in [-0.1, -0.05) is 42.5 Å². The molecule has 3 aromatic carbocycles. The molecule has 0 saturated heterocycles. The second kappa shape index (κ2) is 7.64. The lowest BCUT2D eigenvalue weighted by molar-refractivity contribution is 0.493. The van der Waals surface area contributed by atoms with Gasteiger partial charge in [-0.15, -0.1) is 10.2 Å². The number of hydrogen-bond acceptors (Lipinski definition) is 4. The molecule has 4 aromatic rings. The van der Waals surface area contributed by atoms with Crippen LogP contribution in [0.2, 0.25) is 0 Å². The standard InChI is InChI=1S/C23H20FN3O/c1-15-7-6-10-20(16(15)2)25-21(17-11-13-19(24)14-12-17)23-27-26-22(28-23)18-8-4-3-5-9-18/h3-14,21,25H,1-2H3. The van der Waals surface area contributed by atoms with E-state index >= 15 is 0 Å². The predicted molar refractivity (Wildman–Crippen MR) is 108 cm³/mol.